The van der Waals surface area contributed by atoms with Gasteiger partial charge in [-0.2, -0.15) is 11.8 Å². The number of nitrogens with zero attached hydrogens (tertiary/aromatic N) is 2. The molecule has 2 fully saturated rings. The Hall–Kier alpha value is -1.09. The lowest BCUT2D eigenvalue weighted by molar-refractivity contribution is -0.147. The van der Waals surface area contributed by atoms with Crippen LogP contribution in [0.3, 0.4) is 0 Å². The fourth-order valence-corrected chi connectivity index (χ4v) is 6.54. The number of thioether (sulfide) groups is 1. The highest BCUT2D eigenvalue weighted by molar-refractivity contribution is 7.99. The number of imide groups is 1. The normalized spacial score (nSPS) is 22.7. The van der Waals surface area contributed by atoms with Gasteiger partial charge in [0.2, 0.25) is 21.8 Å². The van der Waals surface area contributed by atoms with Gasteiger partial charge in [-0.1, -0.05) is 29.8 Å². The highest BCUT2D eigenvalue weighted by atomic mass is 35.5. The van der Waals surface area contributed by atoms with Crippen LogP contribution in [0.25, 0.3) is 0 Å². The average Bonchev–Trinajstić information content (AvgIpc) is 2.88. The molecule has 0 aromatic heterocycles. The highest BCUT2D eigenvalue weighted by Gasteiger charge is 2.31. The number of carbonyl (C=O) groups is 2. The summed E-state index contributed by atoms with van der Waals surface area (Å²) in [5.74, 6) is -0.0823. The predicted octanol–water partition coefficient (Wildman–Crippen LogP) is 2.69. The molecule has 1 aromatic rings. The second-order valence-electron chi connectivity index (χ2n) is 6.68. The summed E-state index contributed by atoms with van der Waals surface area (Å²) in [7, 11) is -3.53. The summed E-state index contributed by atoms with van der Waals surface area (Å²) in [4.78, 5) is 24.8. The molecular formula is C18H23ClN2O4S2. The molecule has 9 heteroatoms. The van der Waals surface area contributed by atoms with Gasteiger partial charge in [0.1, 0.15) is 0 Å². The zero-order valence-corrected chi connectivity index (χ0v) is 17.4. The molecule has 0 N–H and O–H groups in total. The lowest BCUT2D eigenvalue weighted by Crippen LogP contribution is -2.45. The van der Waals surface area contributed by atoms with Gasteiger partial charge in [-0.15, -0.1) is 0 Å². The molecule has 27 heavy (non-hydrogen) atoms. The smallest absolute Gasteiger partial charge is 0.229 e. The number of carbonyl (C=O) groups excluding carboxylic acids is 2. The quantitative estimate of drug-likeness (QED) is 0.671. The van der Waals surface area contributed by atoms with Crippen molar-refractivity contribution < 1.29 is 18.0 Å². The van der Waals surface area contributed by atoms with E-state index >= 15 is 0 Å². The molecule has 2 saturated heterocycles. The van der Waals surface area contributed by atoms with Crippen molar-refractivity contribution in [2.24, 2.45) is 0 Å². The maximum absolute atomic E-state index is 12.7. The van der Waals surface area contributed by atoms with Crippen LogP contribution in [0, 0.1) is 0 Å². The molecule has 1 atom stereocenters. The third-order valence-corrected chi connectivity index (χ3v) is 8.41. The first-order valence-electron chi connectivity index (χ1n) is 9.05. The largest absolute Gasteiger partial charge is 0.282 e. The SMILES string of the molecule is O=C1CCCC(=O)N1CCS(=O)(=O)N1CCSC(c2ccccc2Cl)CC1. The molecule has 6 nitrogen and oxygen atoms in total. The Kier molecular flexibility index (Phi) is 6.83. The Morgan fingerprint density at radius 2 is 1.81 bits per heavy atom. The summed E-state index contributed by atoms with van der Waals surface area (Å²) in [5, 5.41) is 0.859. The Bertz CT molecular complexity index is 799. The van der Waals surface area contributed by atoms with Crippen molar-refractivity contribution in [2.45, 2.75) is 30.9 Å². The molecule has 2 heterocycles. The lowest BCUT2D eigenvalue weighted by atomic mass is 10.1. The number of hydrogen-bond donors (Lipinski definition) is 0. The van der Waals surface area contributed by atoms with Crippen molar-refractivity contribution in [3.8, 4) is 0 Å². The minimum Gasteiger partial charge on any atom is -0.282 e. The van der Waals surface area contributed by atoms with Gasteiger partial charge in [-0.05, 0) is 24.5 Å². The molecule has 1 unspecified atom stereocenters. The topological polar surface area (TPSA) is 74.8 Å². The van der Waals surface area contributed by atoms with Crippen molar-refractivity contribution in [3.63, 3.8) is 0 Å². The monoisotopic (exact) mass is 430 g/mol. The van der Waals surface area contributed by atoms with Crippen LogP contribution in [0.15, 0.2) is 24.3 Å². The van der Waals surface area contributed by atoms with Gasteiger partial charge in [-0.3, -0.25) is 14.5 Å². The lowest BCUT2D eigenvalue weighted by Gasteiger charge is -2.26. The predicted molar refractivity (Wildman–Crippen MR) is 107 cm³/mol. The standard InChI is InChI=1S/C18H23ClN2O4S2/c19-15-5-2-1-4-14(15)16-8-9-20(10-12-26-16)27(24,25)13-11-21-17(22)6-3-7-18(21)23/h1-2,4-5,16H,3,6-13H2. The second-order valence-corrected chi connectivity index (χ2v) is 10.5. The third kappa shape index (κ3) is 5.04. The van der Waals surface area contributed by atoms with E-state index in [1.54, 1.807) is 11.8 Å². The summed E-state index contributed by atoms with van der Waals surface area (Å²) in [6, 6.07) is 7.65. The number of rotatable bonds is 5. The first-order valence-corrected chi connectivity index (χ1v) is 12.1. The van der Waals surface area contributed by atoms with E-state index in [0.717, 1.165) is 10.5 Å². The van der Waals surface area contributed by atoms with Crippen LogP contribution < -0.4 is 0 Å². The van der Waals surface area contributed by atoms with Gasteiger partial charge in [-0.25, -0.2) is 12.7 Å². The molecule has 2 aliphatic heterocycles. The van der Waals surface area contributed by atoms with Crippen molar-refractivity contribution in [3.05, 3.63) is 34.9 Å². The first kappa shape index (κ1) is 20.6. The first-order chi connectivity index (χ1) is 12.9. The van der Waals surface area contributed by atoms with Gasteiger partial charge in [0, 0.05) is 48.5 Å². The maximum atomic E-state index is 12.7. The zero-order chi connectivity index (χ0) is 19.4. The number of hydrogen-bond acceptors (Lipinski definition) is 5. The van der Waals surface area contributed by atoms with Gasteiger partial charge >= 0.3 is 0 Å². The van der Waals surface area contributed by atoms with E-state index in [2.05, 4.69) is 0 Å². The molecule has 2 amide bonds. The van der Waals surface area contributed by atoms with Crippen LogP contribution in [0.1, 0.15) is 36.5 Å². The van der Waals surface area contributed by atoms with Crippen molar-refractivity contribution in [2.75, 3.05) is 31.1 Å². The number of amides is 2. The highest BCUT2D eigenvalue weighted by Crippen LogP contribution is 2.38. The van der Waals surface area contributed by atoms with E-state index in [-0.39, 0.29) is 29.4 Å². The molecule has 0 aliphatic carbocycles. The summed E-state index contributed by atoms with van der Waals surface area (Å²) in [5.41, 5.74) is 1.04. The van der Waals surface area contributed by atoms with E-state index in [0.29, 0.717) is 49.5 Å². The fourth-order valence-electron chi connectivity index (χ4n) is 3.40. The summed E-state index contributed by atoms with van der Waals surface area (Å²) in [6.07, 6.45) is 1.85. The number of likely N-dealkylation sites (tertiary alicyclic amines) is 1. The molecule has 0 bridgehead atoms. The maximum Gasteiger partial charge on any atom is 0.229 e. The van der Waals surface area contributed by atoms with E-state index in [4.69, 9.17) is 11.6 Å². The Balaban J connectivity index is 1.61. The van der Waals surface area contributed by atoms with Crippen LogP contribution in [-0.2, 0) is 19.6 Å². The number of benzene rings is 1. The van der Waals surface area contributed by atoms with E-state index in [1.165, 1.54) is 4.31 Å². The van der Waals surface area contributed by atoms with Crippen LogP contribution in [0.4, 0.5) is 0 Å². The van der Waals surface area contributed by atoms with Crippen LogP contribution in [-0.4, -0.2) is 60.6 Å². The van der Waals surface area contributed by atoms with Gasteiger partial charge in [0.25, 0.3) is 0 Å². The molecule has 0 saturated carbocycles. The Morgan fingerprint density at radius 1 is 1.11 bits per heavy atom. The average molecular weight is 431 g/mol. The van der Waals surface area contributed by atoms with Crippen molar-refractivity contribution >= 4 is 45.2 Å². The number of halogens is 1. The van der Waals surface area contributed by atoms with Gasteiger partial charge in [0.15, 0.2) is 0 Å². The molecule has 0 spiro atoms. The van der Waals surface area contributed by atoms with Crippen LogP contribution in [0.5, 0.6) is 0 Å². The minimum atomic E-state index is -3.53. The van der Waals surface area contributed by atoms with Crippen LogP contribution >= 0.6 is 23.4 Å². The molecule has 3 rings (SSSR count). The number of sulfonamides is 1. The number of piperidine rings is 1. The Morgan fingerprint density at radius 3 is 2.52 bits per heavy atom. The molecule has 0 radical (unpaired) electrons. The summed E-state index contributed by atoms with van der Waals surface area (Å²) < 4.78 is 27.0. The van der Waals surface area contributed by atoms with Gasteiger partial charge in [0.05, 0.1) is 5.75 Å². The Labute approximate surface area is 169 Å². The third-order valence-electron chi connectivity index (χ3n) is 4.90. The molecule has 148 valence electrons. The van der Waals surface area contributed by atoms with Crippen molar-refractivity contribution in [1.29, 1.82) is 0 Å². The zero-order valence-electron chi connectivity index (χ0n) is 15.0. The van der Waals surface area contributed by atoms with E-state index in [1.807, 2.05) is 24.3 Å². The fraction of sp³-hybridized carbons (Fsp3) is 0.556. The van der Waals surface area contributed by atoms with Crippen molar-refractivity contribution in [1.82, 2.24) is 9.21 Å². The van der Waals surface area contributed by atoms with Crippen LogP contribution in [0.2, 0.25) is 5.02 Å². The minimum absolute atomic E-state index is 0.0580. The van der Waals surface area contributed by atoms with E-state index < -0.39 is 10.0 Å². The second kappa shape index (κ2) is 8.94. The van der Waals surface area contributed by atoms with Gasteiger partial charge < -0.3 is 0 Å². The summed E-state index contributed by atoms with van der Waals surface area (Å²) in [6.45, 7) is 0.778. The summed E-state index contributed by atoms with van der Waals surface area (Å²) >= 11 is 7.99. The molecular weight excluding hydrogens is 408 g/mol. The molecule has 2 aliphatic rings. The van der Waals surface area contributed by atoms with E-state index in [9.17, 15) is 18.0 Å². The molecule has 1 aromatic carbocycles.